The van der Waals surface area contributed by atoms with Crippen LogP contribution in [0.1, 0.15) is 16.8 Å². The van der Waals surface area contributed by atoms with E-state index in [1.807, 2.05) is 18.3 Å². The number of aliphatic imine (C=N–C) groups is 1. The largest absolute Gasteiger partial charge is 0.370 e. The van der Waals surface area contributed by atoms with Crippen molar-refractivity contribution in [2.75, 3.05) is 31.1 Å². The molecule has 2 heterocycles. The summed E-state index contributed by atoms with van der Waals surface area (Å²) in [4.78, 5) is 14.7. The van der Waals surface area contributed by atoms with Gasteiger partial charge in [0.1, 0.15) is 5.01 Å². The minimum Gasteiger partial charge on any atom is -0.370 e. The molecule has 5 nitrogen and oxygen atoms in total. The Morgan fingerprint density at radius 3 is 2.52 bits per heavy atom. The first-order valence-corrected chi connectivity index (χ1v) is 9.34. The van der Waals surface area contributed by atoms with Crippen molar-refractivity contribution in [2.45, 2.75) is 19.9 Å². The molecule has 0 aliphatic carbocycles. The topological polar surface area (TPSA) is 57.8 Å². The third-order valence-electron chi connectivity index (χ3n) is 4.12. The highest BCUT2D eigenvalue weighted by Gasteiger charge is 2.18. The molecular weight excluding hydrogens is 469 g/mol. The first-order chi connectivity index (χ1) is 11.7. The number of guanidine groups is 1. The van der Waals surface area contributed by atoms with Crippen LogP contribution in [0.4, 0.5) is 5.69 Å². The summed E-state index contributed by atoms with van der Waals surface area (Å²) in [5, 5.41) is 1.79. The number of hydrogen-bond acceptors (Lipinski definition) is 4. The van der Waals surface area contributed by atoms with E-state index in [0.29, 0.717) is 12.5 Å². The molecule has 0 radical (unpaired) electrons. The molecule has 0 unspecified atom stereocenters. The van der Waals surface area contributed by atoms with E-state index in [4.69, 9.17) is 17.3 Å². The maximum atomic E-state index is 6.16. The van der Waals surface area contributed by atoms with E-state index in [9.17, 15) is 0 Å². The molecule has 1 aromatic heterocycles. The van der Waals surface area contributed by atoms with Gasteiger partial charge in [-0.1, -0.05) is 18.5 Å². The van der Waals surface area contributed by atoms with Gasteiger partial charge in [-0.25, -0.2) is 9.98 Å². The number of thiazole rings is 1. The number of aromatic nitrogens is 1. The fraction of sp³-hybridized carbons (Fsp3) is 0.412. The van der Waals surface area contributed by atoms with E-state index in [-0.39, 0.29) is 24.0 Å². The Labute approximate surface area is 174 Å². The molecule has 1 aliphatic heterocycles. The molecule has 1 aromatic carbocycles. The average Bonchev–Trinajstić information content (AvgIpc) is 3.09. The first kappa shape index (κ1) is 20.3. The summed E-state index contributed by atoms with van der Waals surface area (Å²) in [5.41, 5.74) is 7.35. The van der Waals surface area contributed by atoms with Crippen molar-refractivity contribution >= 4 is 58.6 Å². The van der Waals surface area contributed by atoms with Gasteiger partial charge >= 0.3 is 0 Å². The maximum Gasteiger partial charge on any atom is 0.191 e. The molecular formula is C17H23ClIN5S. The Hall–Kier alpha value is -1.06. The Balaban J connectivity index is 0.00000225. The van der Waals surface area contributed by atoms with Gasteiger partial charge in [-0.15, -0.1) is 35.3 Å². The molecule has 0 spiro atoms. The fourth-order valence-corrected chi connectivity index (χ4v) is 3.59. The summed E-state index contributed by atoms with van der Waals surface area (Å²) >= 11 is 7.66. The molecule has 1 saturated heterocycles. The molecule has 1 aliphatic rings. The lowest BCUT2D eigenvalue weighted by Gasteiger charge is -2.36. The smallest absolute Gasteiger partial charge is 0.191 e. The minimum absolute atomic E-state index is 0. The quantitative estimate of drug-likeness (QED) is 0.403. The molecule has 0 saturated carbocycles. The van der Waals surface area contributed by atoms with E-state index in [2.05, 4.69) is 38.8 Å². The van der Waals surface area contributed by atoms with Gasteiger partial charge in [-0.05, 0) is 30.7 Å². The van der Waals surface area contributed by atoms with Crippen LogP contribution >= 0.6 is 46.9 Å². The monoisotopic (exact) mass is 491 g/mol. The molecule has 2 aromatic rings. The second-order valence-corrected chi connectivity index (χ2v) is 7.33. The molecule has 0 amide bonds. The average molecular weight is 492 g/mol. The lowest BCUT2D eigenvalue weighted by atomic mass is 10.2. The van der Waals surface area contributed by atoms with Gasteiger partial charge in [0.05, 0.1) is 6.54 Å². The Morgan fingerprint density at radius 1 is 1.24 bits per heavy atom. The van der Waals surface area contributed by atoms with E-state index in [1.165, 1.54) is 10.6 Å². The molecule has 25 heavy (non-hydrogen) atoms. The summed E-state index contributed by atoms with van der Waals surface area (Å²) in [7, 11) is 0. The van der Waals surface area contributed by atoms with Crippen LogP contribution < -0.4 is 10.6 Å². The third-order valence-corrected chi connectivity index (χ3v) is 5.50. The number of nitrogens with two attached hydrogens (primary N) is 1. The van der Waals surface area contributed by atoms with Gasteiger partial charge in [0.25, 0.3) is 0 Å². The minimum atomic E-state index is 0. The number of nitrogens with zero attached hydrogens (tertiary/aromatic N) is 4. The molecule has 0 atom stereocenters. The zero-order valence-electron chi connectivity index (χ0n) is 14.2. The third kappa shape index (κ3) is 5.46. The Morgan fingerprint density at radius 2 is 1.92 bits per heavy atom. The summed E-state index contributed by atoms with van der Waals surface area (Å²) < 4.78 is 0. The normalized spacial score (nSPS) is 15.2. The number of aryl methyl sites for hydroxylation is 1. The second-order valence-electron chi connectivity index (χ2n) is 5.70. The van der Waals surface area contributed by atoms with Gasteiger partial charge in [-0.3, -0.25) is 0 Å². The molecule has 136 valence electrons. The summed E-state index contributed by atoms with van der Waals surface area (Å²) in [6, 6.07) is 7.97. The summed E-state index contributed by atoms with van der Waals surface area (Å²) in [6.45, 7) is 6.29. The predicted molar refractivity (Wildman–Crippen MR) is 117 cm³/mol. The van der Waals surface area contributed by atoms with Crippen molar-refractivity contribution in [3.8, 4) is 0 Å². The van der Waals surface area contributed by atoms with Crippen LogP contribution in [-0.2, 0) is 13.0 Å². The lowest BCUT2D eigenvalue weighted by Crippen LogP contribution is -2.51. The van der Waals surface area contributed by atoms with Crippen LogP contribution in [0.5, 0.6) is 0 Å². The van der Waals surface area contributed by atoms with E-state index < -0.39 is 0 Å². The molecule has 1 fully saturated rings. The zero-order valence-corrected chi connectivity index (χ0v) is 18.1. The van der Waals surface area contributed by atoms with E-state index in [1.54, 1.807) is 11.3 Å². The molecule has 8 heteroatoms. The van der Waals surface area contributed by atoms with Gasteiger partial charge in [0, 0.05) is 48.0 Å². The van der Waals surface area contributed by atoms with Crippen LogP contribution in [0.15, 0.2) is 35.5 Å². The first-order valence-electron chi connectivity index (χ1n) is 8.14. The molecule has 0 bridgehead atoms. The van der Waals surface area contributed by atoms with Gasteiger partial charge in [0.2, 0.25) is 0 Å². The van der Waals surface area contributed by atoms with E-state index >= 15 is 0 Å². The summed E-state index contributed by atoms with van der Waals surface area (Å²) in [5.74, 6) is 0.610. The standard InChI is InChI=1S/C17H22ClN5S.HI/c1-2-15-11-20-16(24-15)12-21-17(19)23-9-7-22(8-10-23)14-5-3-13(18)4-6-14;/h3-6,11H,2,7-10,12H2,1H3,(H2,19,21);1H. The molecule has 2 N–H and O–H groups in total. The highest BCUT2D eigenvalue weighted by Crippen LogP contribution is 2.19. The number of piperazine rings is 1. The number of hydrogen-bond donors (Lipinski definition) is 1. The number of halogens is 2. The highest BCUT2D eigenvalue weighted by molar-refractivity contribution is 14.0. The van der Waals surface area contributed by atoms with Crippen molar-refractivity contribution in [2.24, 2.45) is 10.7 Å². The fourth-order valence-electron chi connectivity index (χ4n) is 2.68. The predicted octanol–water partition coefficient (Wildman–Crippen LogP) is 3.61. The van der Waals surface area contributed by atoms with Crippen LogP contribution in [0, 0.1) is 0 Å². The SMILES string of the molecule is CCc1cnc(CN=C(N)N2CCN(c3ccc(Cl)cc3)CC2)s1.I. The maximum absolute atomic E-state index is 6.16. The zero-order chi connectivity index (χ0) is 16.9. The highest BCUT2D eigenvalue weighted by atomic mass is 127. The van der Waals surface area contributed by atoms with Crippen LogP contribution in [0.2, 0.25) is 5.02 Å². The van der Waals surface area contributed by atoms with Crippen molar-refractivity contribution in [1.29, 1.82) is 0 Å². The Bertz CT molecular complexity index is 695. The van der Waals surface area contributed by atoms with Crippen LogP contribution in [-0.4, -0.2) is 42.0 Å². The van der Waals surface area contributed by atoms with Crippen LogP contribution in [0.25, 0.3) is 0 Å². The van der Waals surface area contributed by atoms with Gasteiger partial charge in [0.15, 0.2) is 5.96 Å². The van der Waals surface area contributed by atoms with Crippen molar-refractivity contribution in [3.63, 3.8) is 0 Å². The second kappa shape index (κ2) is 9.59. The number of benzene rings is 1. The van der Waals surface area contributed by atoms with Crippen LogP contribution in [0.3, 0.4) is 0 Å². The number of anilines is 1. The summed E-state index contributed by atoms with van der Waals surface area (Å²) in [6.07, 6.45) is 2.94. The van der Waals surface area contributed by atoms with Gasteiger partial charge < -0.3 is 15.5 Å². The Kier molecular flexibility index (Phi) is 7.77. The van der Waals surface area contributed by atoms with Crippen molar-refractivity contribution < 1.29 is 0 Å². The van der Waals surface area contributed by atoms with E-state index in [0.717, 1.165) is 42.6 Å². The van der Waals surface area contributed by atoms with Crippen molar-refractivity contribution in [1.82, 2.24) is 9.88 Å². The number of rotatable bonds is 4. The molecule has 3 rings (SSSR count). The lowest BCUT2D eigenvalue weighted by molar-refractivity contribution is 0.380. The van der Waals surface area contributed by atoms with Crippen molar-refractivity contribution in [3.05, 3.63) is 45.4 Å². The van der Waals surface area contributed by atoms with Gasteiger partial charge in [-0.2, -0.15) is 0 Å².